The zero-order valence-corrected chi connectivity index (χ0v) is 15.7. The first-order valence-electron chi connectivity index (χ1n) is 8.62. The maximum atomic E-state index is 14.1. The highest BCUT2D eigenvalue weighted by Crippen LogP contribution is 2.29. The van der Waals surface area contributed by atoms with Gasteiger partial charge in [-0.05, 0) is 38.5 Å². The van der Waals surface area contributed by atoms with Gasteiger partial charge in [0.15, 0.2) is 11.6 Å². The molecule has 0 aliphatic carbocycles. The lowest BCUT2D eigenvalue weighted by Crippen LogP contribution is -2.18. The summed E-state index contributed by atoms with van der Waals surface area (Å²) in [4.78, 5) is 20.7. The number of anilines is 1. The first-order chi connectivity index (χ1) is 12.9. The molecule has 0 bridgehead atoms. The van der Waals surface area contributed by atoms with Gasteiger partial charge in [-0.3, -0.25) is 4.79 Å². The molecule has 7 heteroatoms. The smallest absolute Gasteiger partial charge is 0.324 e. The van der Waals surface area contributed by atoms with Gasteiger partial charge >= 0.3 is 6.01 Å². The molecule has 1 aromatic carbocycles. The van der Waals surface area contributed by atoms with Crippen LogP contribution in [0.25, 0.3) is 11.3 Å². The Hall–Kier alpha value is -3.22. The Balaban J connectivity index is 2.09. The van der Waals surface area contributed by atoms with Crippen LogP contribution in [-0.4, -0.2) is 21.1 Å². The van der Waals surface area contributed by atoms with Crippen LogP contribution < -0.4 is 15.6 Å². The summed E-state index contributed by atoms with van der Waals surface area (Å²) in [6.45, 7) is 6.10. The van der Waals surface area contributed by atoms with Gasteiger partial charge < -0.3 is 14.6 Å². The van der Waals surface area contributed by atoms with Crippen molar-refractivity contribution in [1.82, 2.24) is 14.5 Å². The summed E-state index contributed by atoms with van der Waals surface area (Å²) >= 11 is 0. The van der Waals surface area contributed by atoms with Crippen LogP contribution in [0.4, 0.5) is 10.2 Å². The average Bonchev–Trinajstić information content (AvgIpc) is 2.62. The molecule has 0 fully saturated rings. The first-order valence-corrected chi connectivity index (χ1v) is 8.62. The third kappa shape index (κ3) is 3.97. The minimum Gasteiger partial charge on any atom is -0.421 e. The summed E-state index contributed by atoms with van der Waals surface area (Å²) in [5.74, 6) is 0.165. The molecule has 0 atom stereocenters. The van der Waals surface area contributed by atoms with E-state index in [0.29, 0.717) is 29.2 Å². The predicted molar refractivity (Wildman–Crippen MR) is 103 cm³/mol. The van der Waals surface area contributed by atoms with E-state index < -0.39 is 5.82 Å². The van der Waals surface area contributed by atoms with Crippen molar-refractivity contribution in [1.29, 1.82) is 0 Å². The van der Waals surface area contributed by atoms with E-state index in [2.05, 4.69) is 15.3 Å². The fraction of sp³-hybridized carbons (Fsp3) is 0.250. The second kappa shape index (κ2) is 7.57. The number of ether oxygens (including phenoxy) is 1. The molecular formula is C20H21FN4O2. The lowest BCUT2D eigenvalue weighted by atomic mass is 10.1. The molecule has 0 spiro atoms. The van der Waals surface area contributed by atoms with E-state index in [0.717, 1.165) is 5.56 Å². The van der Waals surface area contributed by atoms with Gasteiger partial charge in [0.1, 0.15) is 5.82 Å². The van der Waals surface area contributed by atoms with E-state index in [-0.39, 0.29) is 17.3 Å². The van der Waals surface area contributed by atoms with Crippen LogP contribution >= 0.6 is 0 Å². The normalized spacial score (nSPS) is 10.7. The Labute approximate surface area is 156 Å². The number of benzene rings is 1. The predicted octanol–water partition coefficient (Wildman–Crippen LogP) is 3.82. The highest BCUT2D eigenvalue weighted by Gasteiger charge is 2.14. The van der Waals surface area contributed by atoms with E-state index in [4.69, 9.17) is 4.74 Å². The quantitative estimate of drug-likeness (QED) is 0.741. The summed E-state index contributed by atoms with van der Waals surface area (Å²) in [6.07, 6.45) is 1.70. The molecule has 0 aliphatic rings. The topological polar surface area (TPSA) is 69.0 Å². The van der Waals surface area contributed by atoms with Gasteiger partial charge in [0.05, 0.1) is 5.69 Å². The molecule has 2 aromatic heterocycles. The molecular weight excluding hydrogens is 347 g/mol. The average molecular weight is 368 g/mol. The number of hydrogen-bond donors (Lipinski definition) is 1. The molecule has 0 amide bonds. The summed E-state index contributed by atoms with van der Waals surface area (Å²) in [5, 5.41) is 3.12. The molecule has 3 aromatic rings. The van der Waals surface area contributed by atoms with Gasteiger partial charge in [-0.15, -0.1) is 0 Å². The molecule has 0 unspecified atom stereocenters. The number of nitrogens with zero attached hydrogens (tertiary/aromatic N) is 3. The van der Waals surface area contributed by atoms with Crippen molar-refractivity contribution < 1.29 is 9.13 Å². The van der Waals surface area contributed by atoms with E-state index in [1.165, 1.54) is 10.6 Å². The van der Waals surface area contributed by atoms with E-state index in [1.807, 2.05) is 6.92 Å². The molecule has 2 heterocycles. The van der Waals surface area contributed by atoms with Crippen LogP contribution in [0.3, 0.4) is 0 Å². The van der Waals surface area contributed by atoms with Crippen LogP contribution in [0.5, 0.6) is 11.8 Å². The standard InChI is InChI=1S/C20H21FN4O2/c1-5-22-17-10-16(14-9-13(3)19(26)25(4)11-14)23-20(24-17)27-18-12(2)7-6-8-15(18)21/h6-11H,5H2,1-4H3,(H,22,23,24). The monoisotopic (exact) mass is 368 g/mol. The SMILES string of the molecule is CCNc1cc(-c2cc(C)c(=O)n(C)c2)nc(Oc2c(C)cccc2F)n1. The zero-order valence-electron chi connectivity index (χ0n) is 15.7. The lowest BCUT2D eigenvalue weighted by molar-refractivity contribution is 0.409. The number of hydrogen-bond acceptors (Lipinski definition) is 5. The Kier molecular flexibility index (Phi) is 5.21. The molecule has 0 radical (unpaired) electrons. The Morgan fingerprint density at radius 1 is 1.19 bits per heavy atom. The summed E-state index contributed by atoms with van der Waals surface area (Å²) < 4.78 is 21.3. The number of para-hydroxylation sites is 1. The van der Waals surface area contributed by atoms with Crippen molar-refractivity contribution >= 4 is 5.82 Å². The third-order valence-electron chi connectivity index (χ3n) is 4.08. The molecule has 140 valence electrons. The second-order valence-electron chi connectivity index (χ2n) is 6.27. The van der Waals surface area contributed by atoms with Crippen molar-refractivity contribution in [2.75, 3.05) is 11.9 Å². The maximum Gasteiger partial charge on any atom is 0.324 e. The van der Waals surface area contributed by atoms with Crippen molar-refractivity contribution in [3.63, 3.8) is 0 Å². The van der Waals surface area contributed by atoms with Crippen molar-refractivity contribution in [2.24, 2.45) is 7.05 Å². The van der Waals surface area contributed by atoms with E-state index in [9.17, 15) is 9.18 Å². The molecule has 0 saturated carbocycles. The van der Waals surface area contributed by atoms with Crippen LogP contribution in [-0.2, 0) is 7.05 Å². The Morgan fingerprint density at radius 3 is 2.63 bits per heavy atom. The highest BCUT2D eigenvalue weighted by atomic mass is 19.1. The van der Waals surface area contributed by atoms with Gasteiger partial charge in [-0.2, -0.15) is 9.97 Å². The fourth-order valence-electron chi connectivity index (χ4n) is 2.75. The van der Waals surface area contributed by atoms with Crippen molar-refractivity contribution in [3.05, 3.63) is 63.8 Å². The largest absolute Gasteiger partial charge is 0.421 e. The van der Waals surface area contributed by atoms with Gasteiger partial charge in [-0.1, -0.05) is 12.1 Å². The molecule has 3 rings (SSSR count). The van der Waals surface area contributed by atoms with Crippen LogP contribution in [0.2, 0.25) is 0 Å². The molecule has 0 aliphatic heterocycles. The maximum absolute atomic E-state index is 14.1. The number of halogens is 1. The minimum atomic E-state index is -0.480. The molecule has 27 heavy (non-hydrogen) atoms. The second-order valence-corrected chi connectivity index (χ2v) is 6.27. The van der Waals surface area contributed by atoms with Gasteiger partial charge in [0.2, 0.25) is 0 Å². The van der Waals surface area contributed by atoms with Crippen molar-refractivity contribution in [3.8, 4) is 23.0 Å². The number of rotatable bonds is 5. The lowest BCUT2D eigenvalue weighted by Gasteiger charge is -2.12. The number of pyridine rings is 1. The Bertz CT molecular complexity index is 1000. The summed E-state index contributed by atoms with van der Waals surface area (Å²) in [5.41, 5.74) is 2.49. The molecule has 0 saturated heterocycles. The van der Waals surface area contributed by atoms with Gasteiger partial charge in [0, 0.05) is 37.0 Å². The van der Waals surface area contributed by atoms with E-state index in [1.54, 1.807) is 51.4 Å². The number of nitrogens with one attached hydrogen (secondary N) is 1. The Morgan fingerprint density at radius 2 is 1.96 bits per heavy atom. The fourth-order valence-corrected chi connectivity index (χ4v) is 2.75. The summed E-state index contributed by atoms with van der Waals surface area (Å²) in [7, 11) is 1.69. The van der Waals surface area contributed by atoms with Gasteiger partial charge in [-0.25, -0.2) is 4.39 Å². The molecule has 1 N–H and O–H groups in total. The third-order valence-corrected chi connectivity index (χ3v) is 4.08. The number of aryl methyl sites for hydroxylation is 3. The van der Waals surface area contributed by atoms with Crippen LogP contribution in [0.15, 0.2) is 41.3 Å². The van der Waals surface area contributed by atoms with Crippen LogP contribution in [0.1, 0.15) is 18.1 Å². The van der Waals surface area contributed by atoms with Crippen LogP contribution in [0, 0.1) is 19.7 Å². The van der Waals surface area contributed by atoms with Crippen molar-refractivity contribution in [2.45, 2.75) is 20.8 Å². The number of aromatic nitrogens is 3. The molecule has 6 nitrogen and oxygen atoms in total. The first kappa shape index (κ1) is 18.6. The van der Waals surface area contributed by atoms with Gasteiger partial charge in [0.25, 0.3) is 5.56 Å². The highest BCUT2D eigenvalue weighted by molar-refractivity contribution is 5.63. The summed E-state index contributed by atoms with van der Waals surface area (Å²) in [6, 6.07) is 8.26. The zero-order chi connectivity index (χ0) is 19.6. The van der Waals surface area contributed by atoms with E-state index >= 15 is 0 Å². The minimum absolute atomic E-state index is 0.0307.